The molecule has 1 heterocycles. The zero-order chi connectivity index (χ0) is 19.4. The van der Waals surface area contributed by atoms with Gasteiger partial charge in [0.05, 0.1) is 10.6 Å². The number of aromatic nitrogens is 1. The summed E-state index contributed by atoms with van der Waals surface area (Å²) in [5.41, 5.74) is 2.50. The summed E-state index contributed by atoms with van der Waals surface area (Å²) in [6, 6.07) is 7.20. The summed E-state index contributed by atoms with van der Waals surface area (Å²) in [7, 11) is -3.59. The summed E-state index contributed by atoms with van der Waals surface area (Å²) in [5, 5.41) is 2.61. The summed E-state index contributed by atoms with van der Waals surface area (Å²) >= 11 is 1.43. The number of sulfonamides is 1. The van der Waals surface area contributed by atoms with Crippen LogP contribution in [0.15, 0.2) is 34.5 Å². The molecule has 2 aromatic rings. The lowest BCUT2D eigenvalue weighted by atomic mass is 9.49. The van der Waals surface area contributed by atoms with E-state index in [2.05, 4.69) is 17.0 Å². The molecule has 0 atom stereocenters. The Labute approximate surface area is 171 Å². The Morgan fingerprint density at radius 3 is 2.25 bits per heavy atom. The zero-order valence-corrected chi connectivity index (χ0v) is 18.0. The maximum atomic E-state index is 12.8. The maximum Gasteiger partial charge on any atom is 0.263 e. The number of rotatable bonds is 6. The Kier molecular flexibility index (Phi) is 4.55. The molecule has 4 bridgehead atoms. The highest BCUT2D eigenvalue weighted by Gasteiger charge is 2.52. The number of aryl methyl sites for hydroxylation is 1. The molecule has 0 aliphatic heterocycles. The van der Waals surface area contributed by atoms with Crippen LogP contribution in [0, 0.1) is 17.8 Å². The molecule has 4 fully saturated rings. The average molecular weight is 417 g/mol. The lowest BCUT2D eigenvalue weighted by Gasteiger charge is -2.56. The van der Waals surface area contributed by atoms with Crippen molar-refractivity contribution in [1.29, 1.82) is 0 Å². The molecule has 150 valence electrons. The minimum Gasteiger partial charge on any atom is -0.255 e. The van der Waals surface area contributed by atoms with Crippen molar-refractivity contribution in [2.45, 2.75) is 68.6 Å². The molecule has 0 spiro atoms. The number of hydrogen-bond acceptors (Lipinski definition) is 4. The van der Waals surface area contributed by atoms with Gasteiger partial charge in [-0.25, -0.2) is 13.4 Å². The van der Waals surface area contributed by atoms with Crippen molar-refractivity contribution in [3.8, 4) is 0 Å². The summed E-state index contributed by atoms with van der Waals surface area (Å²) < 4.78 is 28.3. The van der Waals surface area contributed by atoms with E-state index in [-0.39, 0.29) is 5.41 Å². The summed E-state index contributed by atoms with van der Waals surface area (Å²) in [5.74, 6) is 2.57. The van der Waals surface area contributed by atoms with E-state index in [1.165, 1.54) is 55.4 Å². The molecular weight excluding hydrogens is 388 g/mol. The molecule has 0 saturated heterocycles. The second-order valence-corrected chi connectivity index (χ2v) is 11.8. The predicted octanol–water partition coefficient (Wildman–Crippen LogP) is 5.36. The highest BCUT2D eigenvalue weighted by molar-refractivity contribution is 7.93. The second-order valence-electron chi connectivity index (χ2n) is 9.24. The van der Waals surface area contributed by atoms with Crippen LogP contribution in [0.2, 0.25) is 0 Å². The standard InChI is InChI=1S/C22H28N2O2S2/c1-2-3-15-4-6-19(7-5-15)28(25,26)24-21-23-20(14-27-21)22-11-16-8-17(12-22)10-18(9-16)13-22/h4-7,14,16-18H,2-3,8-13H2,1H3,(H,23,24). The highest BCUT2D eigenvalue weighted by Crippen LogP contribution is 2.60. The molecule has 1 N–H and O–H groups in total. The minimum absolute atomic E-state index is 0.205. The fraction of sp³-hybridized carbons (Fsp3) is 0.591. The highest BCUT2D eigenvalue weighted by atomic mass is 32.2. The summed E-state index contributed by atoms with van der Waals surface area (Å²) in [6.07, 6.45) is 9.95. The van der Waals surface area contributed by atoms with Gasteiger partial charge in [0.2, 0.25) is 0 Å². The van der Waals surface area contributed by atoms with Crippen molar-refractivity contribution >= 4 is 26.5 Å². The van der Waals surface area contributed by atoms with Gasteiger partial charge in [-0.1, -0.05) is 25.5 Å². The third kappa shape index (κ3) is 3.28. The Balaban J connectivity index is 1.35. The van der Waals surface area contributed by atoms with Crippen LogP contribution in [0.1, 0.15) is 63.1 Å². The van der Waals surface area contributed by atoms with Gasteiger partial charge in [0.1, 0.15) is 0 Å². The van der Waals surface area contributed by atoms with E-state index in [0.29, 0.717) is 10.0 Å². The first kappa shape index (κ1) is 18.6. The summed E-state index contributed by atoms with van der Waals surface area (Å²) in [6.45, 7) is 2.12. The number of thiazole rings is 1. The van der Waals surface area contributed by atoms with Crippen LogP contribution < -0.4 is 4.72 Å². The molecule has 4 saturated carbocycles. The Morgan fingerprint density at radius 1 is 1.07 bits per heavy atom. The van der Waals surface area contributed by atoms with Gasteiger partial charge in [-0.05, 0) is 80.4 Å². The van der Waals surface area contributed by atoms with E-state index in [0.717, 1.165) is 36.3 Å². The molecule has 1 aromatic heterocycles. The van der Waals surface area contributed by atoms with Crippen LogP contribution in [0.25, 0.3) is 0 Å². The molecule has 6 heteroatoms. The molecule has 4 nitrogen and oxygen atoms in total. The molecule has 0 amide bonds. The molecular formula is C22H28N2O2S2. The van der Waals surface area contributed by atoms with Gasteiger partial charge in [0.15, 0.2) is 5.13 Å². The Bertz CT molecular complexity index is 927. The lowest BCUT2D eigenvalue weighted by molar-refractivity contribution is -0.00688. The minimum atomic E-state index is -3.59. The topological polar surface area (TPSA) is 59.1 Å². The van der Waals surface area contributed by atoms with Gasteiger partial charge >= 0.3 is 0 Å². The monoisotopic (exact) mass is 416 g/mol. The number of nitrogens with zero attached hydrogens (tertiary/aromatic N) is 1. The van der Waals surface area contributed by atoms with Crippen molar-refractivity contribution in [3.63, 3.8) is 0 Å². The van der Waals surface area contributed by atoms with Gasteiger partial charge in [-0.2, -0.15) is 0 Å². The number of benzene rings is 1. The fourth-order valence-corrected chi connectivity index (χ4v) is 8.37. The predicted molar refractivity (Wildman–Crippen MR) is 113 cm³/mol. The lowest BCUT2D eigenvalue weighted by Crippen LogP contribution is -2.48. The molecule has 1 aromatic carbocycles. The van der Waals surface area contributed by atoms with Crippen molar-refractivity contribution in [2.75, 3.05) is 4.72 Å². The molecule has 0 unspecified atom stereocenters. The third-order valence-electron chi connectivity index (χ3n) is 7.08. The van der Waals surface area contributed by atoms with E-state index in [9.17, 15) is 8.42 Å². The van der Waals surface area contributed by atoms with Crippen molar-refractivity contribution in [3.05, 3.63) is 40.9 Å². The SMILES string of the molecule is CCCc1ccc(S(=O)(=O)Nc2nc(C34CC5CC(CC(C5)C3)C4)cs2)cc1. The van der Waals surface area contributed by atoms with Crippen LogP contribution in [-0.4, -0.2) is 13.4 Å². The van der Waals surface area contributed by atoms with E-state index in [1.807, 2.05) is 12.1 Å². The second kappa shape index (κ2) is 6.84. The molecule has 4 aliphatic rings. The average Bonchev–Trinajstić information content (AvgIpc) is 3.10. The zero-order valence-electron chi connectivity index (χ0n) is 16.4. The molecule has 4 aliphatic carbocycles. The smallest absolute Gasteiger partial charge is 0.255 e. The fourth-order valence-electron chi connectivity index (χ4n) is 6.29. The first-order valence-electron chi connectivity index (χ1n) is 10.5. The van der Waals surface area contributed by atoms with Crippen LogP contribution >= 0.6 is 11.3 Å². The van der Waals surface area contributed by atoms with Crippen LogP contribution in [0.5, 0.6) is 0 Å². The number of hydrogen-bond donors (Lipinski definition) is 1. The quantitative estimate of drug-likeness (QED) is 0.689. The van der Waals surface area contributed by atoms with E-state index in [1.54, 1.807) is 12.1 Å². The van der Waals surface area contributed by atoms with Crippen molar-refractivity contribution in [1.82, 2.24) is 4.98 Å². The van der Waals surface area contributed by atoms with E-state index < -0.39 is 10.0 Å². The van der Waals surface area contributed by atoms with Gasteiger partial charge in [0, 0.05) is 10.8 Å². The van der Waals surface area contributed by atoms with Gasteiger partial charge in [0.25, 0.3) is 10.0 Å². The normalized spacial score (nSPS) is 31.2. The molecule has 0 radical (unpaired) electrons. The largest absolute Gasteiger partial charge is 0.263 e. The van der Waals surface area contributed by atoms with Crippen LogP contribution in [0.4, 0.5) is 5.13 Å². The third-order valence-corrected chi connectivity index (χ3v) is 9.32. The van der Waals surface area contributed by atoms with Crippen LogP contribution in [0.3, 0.4) is 0 Å². The molecule has 28 heavy (non-hydrogen) atoms. The van der Waals surface area contributed by atoms with Crippen molar-refractivity contribution in [2.24, 2.45) is 17.8 Å². The van der Waals surface area contributed by atoms with Gasteiger partial charge < -0.3 is 0 Å². The number of nitrogens with one attached hydrogen (secondary N) is 1. The van der Waals surface area contributed by atoms with Gasteiger partial charge in [-0.15, -0.1) is 11.3 Å². The molecule has 6 rings (SSSR count). The Morgan fingerprint density at radius 2 is 1.68 bits per heavy atom. The number of anilines is 1. The van der Waals surface area contributed by atoms with Crippen LogP contribution in [-0.2, 0) is 21.9 Å². The van der Waals surface area contributed by atoms with E-state index in [4.69, 9.17) is 4.98 Å². The first-order chi connectivity index (χ1) is 13.5. The van der Waals surface area contributed by atoms with E-state index >= 15 is 0 Å². The van der Waals surface area contributed by atoms with Gasteiger partial charge in [-0.3, -0.25) is 4.72 Å². The van der Waals surface area contributed by atoms with Crippen molar-refractivity contribution < 1.29 is 8.42 Å². The summed E-state index contributed by atoms with van der Waals surface area (Å²) in [4.78, 5) is 5.09. The first-order valence-corrected chi connectivity index (χ1v) is 12.9. The maximum absolute atomic E-state index is 12.8. The Hall–Kier alpha value is -1.40.